The van der Waals surface area contributed by atoms with Crippen LogP contribution in [0, 0.1) is 0 Å². The van der Waals surface area contributed by atoms with Gasteiger partial charge in [0.25, 0.3) is 5.91 Å². The minimum atomic E-state index is -0.143. The van der Waals surface area contributed by atoms with E-state index in [0.717, 1.165) is 29.1 Å². The van der Waals surface area contributed by atoms with E-state index in [-0.39, 0.29) is 5.91 Å². The Morgan fingerprint density at radius 3 is 2.92 bits per heavy atom. The number of methoxy groups -OCH3 is 1. The number of hydrogen-bond donors (Lipinski definition) is 1. The van der Waals surface area contributed by atoms with E-state index in [9.17, 15) is 4.79 Å². The van der Waals surface area contributed by atoms with Crippen LogP contribution in [-0.4, -0.2) is 40.9 Å². The summed E-state index contributed by atoms with van der Waals surface area (Å²) < 4.78 is 6.79. The number of unbranched alkanes of at least 4 members (excludes halogenated alkanes) is 1. The largest absolute Gasteiger partial charge is 0.385 e. The normalized spacial score (nSPS) is 10.8. The van der Waals surface area contributed by atoms with Crippen LogP contribution in [0.15, 0.2) is 48.1 Å². The Labute approximate surface area is 150 Å². The number of para-hydroxylation sites is 1. The van der Waals surface area contributed by atoms with Gasteiger partial charge in [0.2, 0.25) is 0 Å². The quantitative estimate of drug-likeness (QED) is 0.630. The Balaban J connectivity index is 1.62. The Kier molecular flexibility index (Phi) is 5.92. The molecule has 0 fully saturated rings. The van der Waals surface area contributed by atoms with Gasteiger partial charge in [0, 0.05) is 37.4 Å². The van der Waals surface area contributed by atoms with Gasteiger partial charge in [-0.15, -0.1) is 11.3 Å². The first-order valence-corrected chi connectivity index (χ1v) is 8.99. The molecule has 0 aliphatic heterocycles. The van der Waals surface area contributed by atoms with E-state index in [1.54, 1.807) is 23.4 Å². The molecule has 1 N–H and O–H groups in total. The summed E-state index contributed by atoms with van der Waals surface area (Å²) in [6, 6.07) is 9.88. The first-order valence-electron chi connectivity index (χ1n) is 8.11. The Morgan fingerprint density at radius 2 is 2.12 bits per heavy atom. The number of aromatic nitrogens is 3. The molecule has 2 heterocycles. The molecule has 7 heteroatoms. The van der Waals surface area contributed by atoms with Gasteiger partial charge in [-0.1, -0.05) is 18.2 Å². The summed E-state index contributed by atoms with van der Waals surface area (Å²) in [4.78, 5) is 16.6. The zero-order valence-electron chi connectivity index (χ0n) is 14.0. The number of thiazole rings is 1. The monoisotopic (exact) mass is 356 g/mol. The molecule has 0 aliphatic rings. The second-order valence-electron chi connectivity index (χ2n) is 5.50. The summed E-state index contributed by atoms with van der Waals surface area (Å²) in [7, 11) is 1.68. The van der Waals surface area contributed by atoms with Crippen molar-refractivity contribution in [1.29, 1.82) is 0 Å². The molecule has 1 aromatic carbocycles. The molecule has 0 saturated carbocycles. The number of benzene rings is 1. The minimum Gasteiger partial charge on any atom is -0.385 e. The summed E-state index contributed by atoms with van der Waals surface area (Å²) in [6.07, 6.45) is 5.50. The number of ether oxygens (including phenoxy) is 1. The van der Waals surface area contributed by atoms with Gasteiger partial charge >= 0.3 is 0 Å². The van der Waals surface area contributed by atoms with E-state index in [1.165, 1.54) is 11.3 Å². The SMILES string of the molecule is COCCCCNC(=O)c1csc(-c2cnn(-c3ccccc3)c2)n1. The summed E-state index contributed by atoms with van der Waals surface area (Å²) in [6.45, 7) is 1.34. The molecule has 3 aromatic rings. The average Bonchev–Trinajstić information content (AvgIpc) is 3.31. The topological polar surface area (TPSA) is 69.0 Å². The first-order chi connectivity index (χ1) is 12.3. The van der Waals surface area contributed by atoms with Crippen molar-refractivity contribution in [3.63, 3.8) is 0 Å². The lowest BCUT2D eigenvalue weighted by Gasteiger charge is -2.02. The van der Waals surface area contributed by atoms with E-state index in [2.05, 4.69) is 15.4 Å². The predicted molar refractivity (Wildman–Crippen MR) is 98.1 cm³/mol. The molecule has 2 aromatic heterocycles. The van der Waals surface area contributed by atoms with E-state index in [1.807, 2.05) is 36.5 Å². The summed E-state index contributed by atoms with van der Waals surface area (Å²) in [5.74, 6) is -0.143. The van der Waals surface area contributed by atoms with Gasteiger partial charge in [0.1, 0.15) is 10.7 Å². The molecular formula is C18H20N4O2S. The molecule has 130 valence electrons. The lowest BCUT2D eigenvalue weighted by Crippen LogP contribution is -2.24. The maximum absolute atomic E-state index is 12.1. The van der Waals surface area contributed by atoms with Crippen molar-refractivity contribution in [1.82, 2.24) is 20.1 Å². The molecule has 25 heavy (non-hydrogen) atoms. The zero-order valence-corrected chi connectivity index (χ0v) is 14.8. The lowest BCUT2D eigenvalue weighted by atomic mass is 10.3. The van der Waals surface area contributed by atoms with Gasteiger partial charge in [-0.25, -0.2) is 9.67 Å². The number of rotatable bonds is 8. The number of nitrogens with zero attached hydrogens (tertiary/aromatic N) is 3. The number of hydrogen-bond acceptors (Lipinski definition) is 5. The van der Waals surface area contributed by atoms with Crippen LogP contribution in [0.5, 0.6) is 0 Å². The van der Waals surface area contributed by atoms with Crippen LogP contribution >= 0.6 is 11.3 Å². The third kappa shape index (κ3) is 4.52. The van der Waals surface area contributed by atoms with Crippen molar-refractivity contribution in [2.75, 3.05) is 20.3 Å². The highest BCUT2D eigenvalue weighted by Crippen LogP contribution is 2.24. The smallest absolute Gasteiger partial charge is 0.270 e. The molecule has 0 spiro atoms. The molecule has 0 saturated heterocycles. The van der Waals surface area contributed by atoms with Crippen molar-refractivity contribution >= 4 is 17.2 Å². The van der Waals surface area contributed by atoms with Crippen molar-refractivity contribution < 1.29 is 9.53 Å². The fraction of sp³-hybridized carbons (Fsp3) is 0.278. The van der Waals surface area contributed by atoms with Crippen molar-refractivity contribution in [2.45, 2.75) is 12.8 Å². The molecule has 0 unspecified atom stereocenters. The van der Waals surface area contributed by atoms with Crippen LogP contribution in [0.4, 0.5) is 0 Å². The van der Waals surface area contributed by atoms with Gasteiger partial charge in [-0.2, -0.15) is 5.10 Å². The number of nitrogens with one attached hydrogen (secondary N) is 1. The van der Waals surface area contributed by atoms with Crippen molar-refractivity contribution in [3.8, 4) is 16.3 Å². The summed E-state index contributed by atoms with van der Waals surface area (Å²) in [5, 5.41) is 9.81. The lowest BCUT2D eigenvalue weighted by molar-refractivity contribution is 0.0947. The Hall–Kier alpha value is -2.51. The third-order valence-electron chi connectivity index (χ3n) is 3.65. The molecule has 0 radical (unpaired) electrons. The Morgan fingerprint density at radius 1 is 1.28 bits per heavy atom. The van der Waals surface area contributed by atoms with E-state index >= 15 is 0 Å². The van der Waals surface area contributed by atoms with Gasteiger partial charge < -0.3 is 10.1 Å². The fourth-order valence-corrected chi connectivity index (χ4v) is 3.11. The van der Waals surface area contributed by atoms with Crippen LogP contribution in [-0.2, 0) is 4.74 Å². The predicted octanol–water partition coefficient (Wildman–Crippen LogP) is 3.15. The van der Waals surface area contributed by atoms with E-state index < -0.39 is 0 Å². The number of amides is 1. The summed E-state index contributed by atoms with van der Waals surface area (Å²) >= 11 is 1.44. The second-order valence-corrected chi connectivity index (χ2v) is 6.36. The van der Waals surface area contributed by atoms with Gasteiger partial charge in [-0.3, -0.25) is 4.79 Å². The maximum atomic E-state index is 12.1. The van der Waals surface area contributed by atoms with Gasteiger partial charge in [-0.05, 0) is 25.0 Å². The van der Waals surface area contributed by atoms with Crippen LogP contribution in [0.2, 0.25) is 0 Å². The highest BCUT2D eigenvalue weighted by Gasteiger charge is 2.13. The molecule has 0 aliphatic carbocycles. The van der Waals surface area contributed by atoms with E-state index in [0.29, 0.717) is 18.8 Å². The zero-order chi connectivity index (χ0) is 17.5. The molecular weight excluding hydrogens is 336 g/mol. The minimum absolute atomic E-state index is 0.143. The molecule has 0 bridgehead atoms. The van der Waals surface area contributed by atoms with Crippen molar-refractivity contribution in [2.24, 2.45) is 0 Å². The van der Waals surface area contributed by atoms with Gasteiger partial charge in [0.15, 0.2) is 0 Å². The van der Waals surface area contributed by atoms with E-state index in [4.69, 9.17) is 4.74 Å². The molecule has 6 nitrogen and oxygen atoms in total. The van der Waals surface area contributed by atoms with Crippen molar-refractivity contribution in [3.05, 3.63) is 53.8 Å². The standard InChI is InChI=1S/C18H20N4O2S/c1-24-10-6-5-9-19-17(23)16-13-25-18(21-16)14-11-20-22(12-14)15-7-3-2-4-8-15/h2-4,7-8,11-13H,5-6,9-10H2,1H3,(H,19,23). The molecule has 3 rings (SSSR count). The fourth-order valence-electron chi connectivity index (χ4n) is 2.33. The third-order valence-corrected chi connectivity index (χ3v) is 4.54. The Bertz CT molecular complexity index is 813. The first kappa shape index (κ1) is 17.3. The summed E-state index contributed by atoms with van der Waals surface area (Å²) in [5.41, 5.74) is 2.33. The van der Waals surface area contributed by atoms with Gasteiger partial charge in [0.05, 0.1) is 11.9 Å². The molecule has 0 atom stereocenters. The van der Waals surface area contributed by atoms with Crippen LogP contribution in [0.1, 0.15) is 23.3 Å². The maximum Gasteiger partial charge on any atom is 0.270 e. The van der Waals surface area contributed by atoms with Crippen LogP contribution < -0.4 is 5.32 Å². The highest BCUT2D eigenvalue weighted by atomic mass is 32.1. The average molecular weight is 356 g/mol. The van der Waals surface area contributed by atoms with Crippen LogP contribution in [0.3, 0.4) is 0 Å². The highest BCUT2D eigenvalue weighted by molar-refractivity contribution is 7.13. The number of carbonyl (C=O) groups excluding carboxylic acids is 1. The number of carbonyl (C=O) groups is 1. The van der Waals surface area contributed by atoms with Crippen LogP contribution in [0.25, 0.3) is 16.3 Å². The molecule has 1 amide bonds. The second kappa shape index (κ2) is 8.55.